The molecule has 9 heteroatoms. The molecule has 1 heterocycles. The maximum atomic E-state index is 12.9. The van der Waals surface area contributed by atoms with Crippen LogP contribution in [0.5, 0.6) is 0 Å². The number of anilines is 1. The number of amides is 2. The van der Waals surface area contributed by atoms with Crippen molar-refractivity contribution in [3.05, 3.63) is 58.6 Å². The molecule has 0 bridgehead atoms. The van der Waals surface area contributed by atoms with E-state index in [-0.39, 0.29) is 21.4 Å². The Morgan fingerprint density at radius 3 is 2.39 bits per heavy atom. The van der Waals surface area contributed by atoms with Crippen LogP contribution in [-0.2, 0) is 10.0 Å². The van der Waals surface area contributed by atoms with Crippen LogP contribution < -0.4 is 5.32 Å². The van der Waals surface area contributed by atoms with Crippen LogP contribution in [0.15, 0.2) is 47.4 Å². The summed E-state index contributed by atoms with van der Waals surface area (Å²) in [6, 6.07) is 10.8. The van der Waals surface area contributed by atoms with E-state index in [9.17, 15) is 18.0 Å². The first kappa shape index (κ1) is 23.2. The van der Waals surface area contributed by atoms with E-state index in [0.29, 0.717) is 37.4 Å². The van der Waals surface area contributed by atoms with Gasteiger partial charge in [0, 0.05) is 37.4 Å². The van der Waals surface area contributed by atoms with Crippen LogP contribution in [0, 0.1) is 0 Å². The van der Waals surface area contributed by atoms with Gasteiger partial charge >= 0.3 is 0 Å². The van der Waals surface area contributed by atoms with Gasteiger partial charge in [0.1, 0.15) is 0 Å². The summed E-state index contributed by atoms with van der Waals surface area (Å²) < 4.78 is 27.1. The summed E-state index contributed by atoms with van der Waals surface area (Å²) in [6.45, 7) is 5.91. The van der Waals surface area contributed by atoms with E-state index in [0.717, 1.165) is 12.8 Å². The molecule has 166 valence electrons. The van der Waals surface area contributed by atoms with Crippen molar-refractivity contribution in [2.24, 2.45) is 0 Å². The lowest BCUT2D eigenvalue weighted by Crippen LogP contribution is -2.30. The van der Waals surface area contributed by atoms with Crippen molar-refractivity contribution in [2.75, 3.05) is 31.5 Å². The number of carbonyl (C=O) groups is 2. The van der Waals surface area contributed by atoms with Crippen LogP contribution in [0.1, 0.15) is 47.4 Å². The number of rotatable bonds is 7. The second-order valence-electron chi connectivity index (χ2n) is 7.27. The number of hydrogen-bond donors (Lipinski definition) is 1. The molecule has 0 saturated carbocycles. The molecule has 0 atom stereocenters. The quantitative estimate of drug-likeness (QED) is 0.675. The first-order valence-electron chi connectivity index (χ1n) is 10.3. The molecule has 1 fully saturated rings. The minimum Gasteiger partial charge on any atom is -0.339 e. The average molecular weight is 464 g/mol. The minimum absolute atomic E-state index is 0.0365. The molecule has 0 radical (unpaired) electrons. The minimum atomic E-state index is -3.67. The Morgan fingerprint density at radius 2 is 1.74 bits per heavy atom. The highest BCUT2D eigenvalue weighted by atomic mass is 35.5. The average Bonchev–Trinajstić information content (AvgIpc) is 3.30. The Labute approximate surface area is 188 Å². The number of carbonyl (C=O) groups excluding carboxylic acids is 2. The van der Waals surface area contributed by atoms with E-state index < -0.39 is 15.9 Å². The second-order valence-corrected chi connectivity index (χ2v) is 9.61. The first-order chi connectivity index (χ1) is 14.8. The van der Waals surface area contributed by atoms with Gasteiger partial charge in [0.05, 0.1) is 15.5 Å². The zero-order valence-electron chi connectivity index (χ0n) is 17.6. The normalized spacial score (nSPS) is 14.4. The van der Waals surface area contributed by atoms with E-state index in [1.54, 1.807) is 29.2 Å². The number of sulfonamides is 1. The van der Waals surface area contributed by atoms with Crippen LogP contribution >= 0.6 is 11.6 Å². The first-order valence-corrected chi connectivity index (χ1v) is 12.1. The number of nitrogens with one attached hydrogen (secondary N) is 1. The third-order valence-corrected chi connectivity index (χ3v) is 7.53. The van der Waals surface area contributed by atoms with Crippen molar-refractivity contribution < 1.29 is 18.0 Å². The molecule has 0 unspecified atom stereocenters. The molecule has 0 aromatic heterocycles. The number of halogens is 1. The summed E-state index contributed by atoms with van der Waals surface area (Å²) in [4.78, 5) is 27.2. The molecule has 0 spiro atoms. The Kier molecular flexibility index (Phi) is 7.35. The van der Waals surface area contributed by atoms with Crippen molar-refractivity contribution in [3.63, 3.8) is 0 Å². The third kappa shape index (κ3) is 5.08. The molecule has 1 aliphatic rings. The van der Waals surface area contributed by atoms with Crippen molar-refractivity contribution in [2.45, 2.75) is 31.6 Å². The predicted molar refractivity (Wildman–Crippen MR) is 121 cm³/mol. The van der Waals surface area contributed by atoms with Gasteiger partial charge in [-0.05, 0) is 63.1 Å². The largest absolute Gasteiger partial charge is 0.339 e. The summed E-state index contributed by atoms with van der Waals surface area (Å²) in [5.41, 5.74) is 0.937. The fraction of sp³-hybridized carbons (Fsp3) is 0.364. The third-order valence-electron chi connectivity index (χ3n) is 5.30. The number of benzene rings is 2. The van der Waals surface area contributed by atoms with Crippen LogP contribution in [0.4, 0.5) is 5.69 Å². The van der Waals surface area contributed by atoms with Crippen molar-refractivity contribution in [3.8, 4) is 0 Å². The van der Waals surface area contributed by atoms with Gasteiger partial charge in [-0.2, -0.15) is 4.31 Å². The van der Waals surface area contributed by atoms with E-state index in [1.807, 2.05) is 13.8 Å². The summed E-state index contributed by atoms with van der Waals surface area (Å²) in [6.07, 6.45) is 1.64. The SMILES string of the molecule is CCN(CC)C(=O)c1cccc(NC(=O)c2cc(S(=O)(=O)N3CCCC3)ccc2Cl)c1. The lowest BCUT2D eigenvalue weighted by atomic mass is 10.1. The Morgan fingerprint density at radius 1 is 1.06 bits per heavy atom. The molecular weight excluding hydrogens is 438 g/mol. The van der Waals surface area contributed by atoms with E-state index in [1.165, 1.54) is 22.5 Å². The van der Waals surface area contributed by atoms with Gasteiger partial charge in [-0.15, -0.1) is 0 Å². The lowest BCUT2D eigenvalue weighted by molar-refractivity contribution is 0.0772. The monoisotopic (exact) mass is 463 g/mol. The highest BCUT2D eigenvalue weighted by Crippen LogP contribution is 2.26. The smallest absolute Gasteiger partial charge is 0.257 e. The molecule has 3 rings (SSSR count). The summed E-state index contributed by atoms with van der Waals surface area (Å²) in [5, 5.41) is 2.86. The molecule has 2 amide bonds. The molecule has 1 aliphatic heterocycles. The van der Waals surface area contributed by atoms with Gasteiger partial charge in [-0.25, -0.2) is 8.42 Å². The summed E-state index contributed by atoms with van der Waals surface area (Å²) >= 11 is 6.20. The Bertz CT molecular complexity index is 1080. The van der Waals surface area contributed by atoms with E-state index >= 15 is 0 Å². The van der Waals surface area contributed by atoms with Crippen LogP contribution in [0.3, 0.4) is 0 Å². The fourth-order valence-electron chi connectivity index (χ4n) is 3.54. The summed E-state index contributed by atoms with van der Waals surface area (Å²) in [5.74, 6) is -0.672. The van der Waals surface area contributed by atoms with Gasteiger partial charge in [0.15, 0.2) is 0 Å². The highest BCUT2D eigenvalue weighted by Gasteiger charge is 2.28. The molecule has 31 heavy (non-hydrogen) atoms. The maximum Gasteiger partial charge on any atom is 0.257 e. The molecule has 1 saturated heterocycles. The molecule has 2 aromatic rings. The lowest BCUT2D eigenvalue weighted by Gasteiger charge is -2.19. The second kappa shape index (κ2) is 9.80. The highest BCUT2D eigenvalue weighted by molar-refractivity contribution is 7.89. The van der Waals surface area contributed by atoms with Crippen molar-refractivity contribution >= 4 is 39.1 Å². The van der Waals surface area contributed by atoms with Crippen LogP contribution in [-0.4, -0.2) is 55.6 Å². The van der Waals surface area contributed by atoms with Crippen LogP contribution in [0.2, 0.25) is 5.02 Å². The Balaban J connectivity index is 1.84. The zero-order chi connectivity index (χ0) is 22.6. The number of hydrogen-bond acceptors (Lipinski definition) is 4. The zero-order valence-corrected chi connectivity index (χ0v) is 19.2. The summed E-state index contributed by atoms with van der Waals surface area (Å²) in [7, 11) is -3.67. The molecule has 0 aliphatic carbocycles. The molecule has 7 nitrogen and oxygen atoms in total. The van der Waals surface area contributed by atoms with Gasteiger partial charge in [0.25, 0.3) is 11.8 Å². The Hall–Kier alpha value is -2.42. The molecule has 2 aromatic carbocycles. The fourth-order valence-corrected chi connectivity index (χ4v) is 5.29. The van der Waals surface area contributed by atoms with Gasteiger partial charge in [-0.3, -0.25) is 9.59 Å². The van der Waals surface area contributed by atoms with E-state index in [2.05, 4.69) is 5.32 Å². The van der Waals surface area contributed by atoms with Crippen molar-refractivity contribution in [1.82, 2.24) is 9.21 Å². The van der Waals surface area contributed by atoms with Gasteiger partial charge < -0.3 is 10.2 Å². The van der Waals surface area contributed by atoms with Gasteiger partial charge in [0.2, 0.25) is 10.0 Å². The van der Waals surface area contributed by atoms with Gasteiger partial charge in [-0.1, -0.05) is 17.7 Å². The van der Waals surface area contributed by atoms with E-state index in [4.69, 9.17) is 11.6 Å². The predicted octanol–water partition coefficient (Wildman–Crippen LogP) is 3.86. The standard InChI is InChI=1S/C22H26ClN3O4S/c1-3-25(4-2)22(28)16-8-7-9-17(14-16)24-21(27)19-15-18(10-11-20(19)23)31(29,30)26-12-5-6-13-26/h7-11,14-15H,3-6,12-13H2,1-2H3,(H,24,27). The number of nitrogens with zero attached hydrogens (tertiary/aromatic N) is 2. The van der Waals surface area contributed by atoms with Crippen LogP contribution in [0.25, 0.3) is 0 Å². The van der Waals surface area contributed by atoms with Crippen molar-refractivity contribution in [1.29, 1.82) is 0 Å². The molecule has 1 N–H and O–H groups in total. The topological polar surface area (TPSA) is 86.8 Å². The molecular formula is C22H26ClN3O4S. The maximum absolute atomic E-state index is 12.9.